The average Bonchev–Trinajstić information content (AvgIpc) is 1.68. The Morgan fingerprint density at radius 3 is 2.43 bits per heavy atom. The Kier molecular flexibility index (Phi) is 4.63. The summed E-state index contributed by atoms with van der Waals surface area (Å²) in [6.07, 6.45) is 2.44. The van der Waals surface area contributed by atoms with Crippen LogP contribution in [0.25, 0.3) is 0 Å². The molecule has 0 aromatic carbocycles. The maximum Gasteiger partial charge on any atom is 0.0527 e. The van der Waals surface area contributed by atoms with Crippen LogP contribution in [0, 0.1) is 11.8 Å². The first-order valence-corrected chi connectivity index (χ1v) is 3.18. The molecule has 0 N–H and O–H groups in total. The molecule has 0 amide bonds. The molecule has 7 heavy (non-hydrogen) atoms. The summed E-state index contributed by atoms with van der Waals surface area (Å²) in [6.45, 7) is 4.29. The topological polar surface area (TPSA) is 0 Å². The highest BCUT2D eigenvalue weighted by atomic mass is 35.5. The predicted octanol–water partition coefficient (Wildman–Crippen LogP) is 2.82. The highest BCUT2D eigenvalue weighted by molar-refractivity contribution is 6.23. The summed E-state index contributed by atoms with van der Waals surface area (Å²) in [5, 5.41) is 0. The monoisotopic (exact) mass is 119 g/mol. The summed E-state index contributed by atoms with van der Waals surface area (Å²) in [7, 11) is 0. The maximum absolute atomic E-state index is 5.41. The van der Waals surface area contributed by atoms with Crippen molar-refractivity contribution in [3.8, 4) is 0 Å². The lowest BCUT2D eigenvalue weighted by molar-refractivity contribution is 0.620. The van der Waals surface area contributed by atoms with Crippen LogP contribution in [0.4, 0.5) is 0 Å². The lowest BCUT2D eigenvalue weighted by atomic mass is 10.1. The van der Waals surface area contributed by atoms with Gasteiger partial charge in [0.1, 0.15) is 0 Å². The third kappa shape index (κ3) is 4.14. The first-order chi connectivity index (χ1) is 3.31. The number of rotatable bonds is 3. The minimum absolute atomic E-state index is 0.590. The van der Waals surface area contributed by atoms with E-state index in [1.807, 2.05) is 0 Å². The first-order valence-electron chi connectivity index (χ1n) is 2.74. The smallest absolute Gasteiger partial charge is 0.0527 e. The van der Waals surface area contributed by atoms with E-state index in [0.29, 0.717) is 5.92 Å². The summed E-state index contributed by atoms with van der Waals surface area (Å²) in [5.41, 5.74) is 0. The second-order valence-electron chi connectivity index (χ2n) is 1.89. The third-order valence-electron chi connectivity index (χ3n) is 0.959. The normalized spacial score (nSPS) is 14.1. The zero-order chi connectivity index (χ0) is 5.70. The van der Waals surface area contributed by atoms with Gasteiger partial charge >= 0.3 is 0 Å². The van der Waals surface area contributed by atoms with Gasteiger partial charge in [-0.25, -0.2) is 0 Å². The van der Waals surface area contributed by atoms with Gasteiger partial charge in [-0.1, -0.05) is 20.3 Å². The van der Waals surface area contributed by atoms with Crippen molar-refractivity contribution in [2.75, 3.05) is 0 Å². The molecule has 0 saturated heterocycles. The van der Waals surface area contributed by atoms with Gasteiger partial charge in [-0.15, -0.1) is 11.6 Å². The molecule has 0 aliphatic carbocycles. The lowest BCUT2D eigenvalue weighted by Gasteiger charge is -2.00. The predicted molar refractivity (Wildman–Crippen MR) is 34.2 cm³/mol. The summed E-state index contributed by atoms with van der Waals surface area (Å²) in [5.74, 6) is 2.32. The molecular weight excluding hydrogens is 108 g/mol. The van der Waals surface area contributed by atoms with Crippen LogP contribution in [0.3, 0.4) is 0 Å². The van der Waals surface area contributed by atoms with Gasteiger partial charge < -0.3 is 0 Å². The van der Waals surface area contributed by atoms with Gasteiger partial charge in [-0.05, 0) is 12.3 Å². The van der Waals surface area contributed by atoms with Gasteiger partial charge in [-0.3, -0.25) is 0 Å². The van der Waals surface area contributed by atoms with Crippen LogP contribution in [0.1, 0.15) is 26.7 Å². The van der Waals surface area contributed by atoms with E-state index >= 15 is 0 Å². The van der Waals surface area contributed by atoms with Crippen LogP contribution in [-0.4, -0.2) is 0 Å². The Hall–Kier alpha value is 0.290. The molecular formula is C6H12Cl. The standard InChI is InChI=1S/C6H12Cl/c1-3-4-6(2)5-7/h5-6H,3-4H2,1-2H3. The Bertz CT molecular complexity index is 35.2. The van der Waals surface area contributed by atoms with Gasteiger partial charge in [0.2, 0.25) is 0 Å². The molecule has 1 heteroatoms. The van der Waals surface area contributed by atoms with Crippen LogP contribution in [0.5, 0.6) is 0 Å². The number of hydrogen-bond donors (Lipinski definition) is 0. The molecule has 0 heterocycles. The van der Waals surface area contributed by atoms with Crippen molar-refractivity contribution < 1.29 is 0 Å². The quantitative estimate of drug-likeness (QED) is 0.536. The summed E-state index contributed by atoms with van der Waals surface area (Å²) in [6, 6.07) is 0. The molecule has 0 fully saturated rings. The fourth-order valence-electron chi connectivity index (χ4n) is 0.518. The molecule has 0 aliphatic heterocycles. The van der Waals surface area contributed by atoms with Crippen molar-refractivity contribution in [1.29, 1.82) is 0 Å². The molecule has 0 spiro atoms. The van der Waals surface area contributed by atoms with Crippen molar-refractivity contribution in [2.45, 2.75) is 26.7 Å². The third-order valence-corrected chi connectivity index (χ3v) is 1.39. The van der Waals surface area contributed by atoms with Crippen LogP contribution in [-0.2, 0) is 0 Å². The fraction of sp³-hybridized carbons (Fsp3) is 0.833. The average molecular weight is 120 g/mol. The van der Waals surface area contributed by atoms with E-state index in [1.165, 1.54) is 12.8 Å². The van der Waals surface area contributed by atoms with E-state index in [9.17, 15) is 0 Å². The minimum Gasteiger partial charge on any atom is -0.121 e. The molecule has 0 rings (SSSR count). The van der Waals surface area contributed by atoms with E-state index in [2.05, 4.69) is 13.8 Å². The Morgan fingerprint density at radius 2 is 2.29 bits per heavy atom. The van der Waals surface area contributed by atoms with Gasteiger partial charge in [0.15, 0.2) is 0 Å². The summed E-state index contributed by atoms with van der Waals surface area (Å²) >= 11 is 5.41. The van der Waals surface area contributed by atoms with E-state index in [0.717, 1.165) is 0 Å². The van der Waals surface area contributed by atoms with Crippen LogP contribution < -0.4 is 0 Å². The van der Waals surface area contributed by atoms with E-state index in [4.69, 9.17) is 11.6 Å². The zero-order valence-electron chi connectivity index (χ0n) is 4.95. The number of halogens is 1. The van der Waals surface area contributed by atoms with Gasteiger partial charge in [0.25, 0.3) is 0 Å². The first kappa shape index (κ1) is 7.29. The molecule has 1 unspecified atom stereocenters. The molecule has 0 aromatic rings. The fourth-order valence-corrected chi connectivity index (χ4v) is 0.644. The summed E-state index contributed by atoms with van der Waals surface area (Å²) < 4.78 is 0. The maximum atomic E-state index is 5.41. The van der Waals surface area contributed by atoms with Gasteiger partial charge in [-0.2, -0.15) is 0 Å². The molecule has 0 bridgehead atoms. The number of hydrogen-bond acceptors (Lipinski definition) is 0. The van der Waals surface area contributed by atoms with Crippen LogP contribution in [0.2, 0.25) is 0 Å². The second kappa shape index (κ2) is 4.45. The molecule has 1 atom stereocenters. The lowest BCUT2D eigenvalue weighted by Crippen LogP contribution is -1.87. The second-order valence-corrected chi connectivity index (χ2v) is 2.14. The molecule has 43 valence electrons. The molecule has 0 aromatic heterocycles. The van der Waals surface area contributed by atoms with Crippen molar-refractivity contribution >= 4 is 11.6 Å². The molecule has 0 aliphatic rings. The van der Waals surface area contributed by atoms with Crippen molar-refractivity contribution in [3.05, 3.63) is 5.88 Å². The van der Waals surface area contributed by atoms with Crippen molar-refractivity contribution in [1.82, 2.24) is 0 Å². The highest BCUT2D eigenvalue weighted by Crippen LogP contribution is 2.09. The Balaban J connectivity index is 2.83. The molecule has 0 nitrogen and oxygen atoms in total. The van der Waals surface area contributed by atoms with E-state index < -0.39 is 0 Å². The largest absolute Gasteiger partial charge is 0.121 e. The Morgan fingerprint density at radius 1 is 1.71 bits per heavy atom. The van der Waals surface area contributed by atoms with Crippen LogP contribution >= 0.6 is 11.6 Å². The van der Waals surface area contributed by atoms with Gasteiger partial charge in [0.05, 0.1) is 5.88 Å². The van der Waals surface area contributed by atoms with Crippen molar-refractivity contribution in [3.63, 3.8) is 0 Å². The van der Waals surface area contributed by atoms with Crippen LogP contribution in [0.15, 0.2) is 0 Å². The van der Waals surface area contributed by atoms with E-state index in [1.54, 1.807) is 5.88 Å². The SMILES string of the molecule is CCCC(C)[CH]Cl. The minimum atomic E-state index is 0.590. The summed E-state index contributed by atoms with van der Waals surface area (Å²) in [4.78, 5) is 0. The van der Waals surface area contributed by atoms with Crippen molar-refractivity contribution in [2.24, 2.45) is 5.92 Å². The highest BCUT2D eigenvalue weighted by Gasteiger charge is 1.94. The molecule has 0 saturated carbocycles. The van der Waals surface area contributed by atoms with E-state index in [-0.39, 0.29) is 0 Å². The van der Waals surface area contributed by atoms with Gasteiger partial charge in [0, 0.05) is 0 Å². The Labute approximate surface area is 50.9 Å². The molecule has 1 radical (unpaired) electrons. The zero-order valence-corrected chi connectivity index (χ0v) is 5.70.